The number of benzene rings is 1. The summed E-state index contributed by atoms with van der Waals surface area (Å²) in [6, 6.07) is 9.61. The van der Waals surface area contributed by atoms with E-state index in [4.69, 9.17) is 9.47 Å². The summed E-state index contributed by atoms with van der Waals surface area (Å²) in [7, 11) is 4.12. The Hall–Kier alpha value is -1.14. The molecule has 3 unspecified atom stereocenters. The van der Waals surface area contributed by atoms with Crippen LogP contribution < -0.4 is 15.4 Å². The largest absolute Gasteiger partial charge is 0.492 e. The quantitative estimate of drug-likeness (QED) is 0.752. The number of likely N-dealkylation sites (N-methyl/N-ethyl adjacent to an activating group) is 1. The molecule has 2 N–H and O–H groups in total. The lowest BCUT2D eigenvalue weighted by Gasteiger charge is -2.33. The highest BCUT2D eigenvalue weighted by atomic mass is 16.5. The summed E-state index contributed by atoms with van der Waals surface area (Å²) < 4.78 is 11.4. The van der Waals surface area contributed by atoms with Crippen LogP contribution in [0.25, 0.3) is 0 Å². The van der Waals surface area contributed by atoms with Gasteiger partial charge in [-0.2, -0.15) is 0 Å². The maximum atomic E-state index is 5.76. The van der Waals surface area contributed by atoms with Crippen molar-refractivity contribution in [3.8, 4) is 5.75 Å². The van der Waals surface area contributed by atoms with Gasteiger partial charge in [0.1, 0.15) is 12.4 Å². The van der Waals surface area contributed by atoms with Crippen LogP contribution in [0.3, 0.4) is 0 Å². The van der Waals surface area contributed by atoms with Crippen LogP contribution in [0.4, 0.5) is 0 Å². The molecule has 1 aromatic rings. The summed E-state index contributed by atoms with van der Waals surface area (Å²) >= 11 is 0. The van der Waals surface area contributed by atoms with Gasteiger partial charge in [0.25, 0.3) is 0 Å². The normalized spacial score (nSPS) is 26.9. The zero-order chi connectivity index (χ0) is 17.5. The van der Waals surface area contributed by atoms with Gasteiger partial charge in [0.15, 0.2) is 0 Å². The molecular weight excluding hydrogens is 314 g/mol. The summed E-state index contributed by atoms with van der Waals surface area (Å²) in [6.07, 6.45) is 3.89. The van der Waals surface area contributed by atoms with Crippen molar-refractivity contribution in [2.45, 2.75) is 37.9 Å². The minimum absolute atomic E-state index is 0.515. The van der Waals surface area contributed by atoms with E-state index in [0.29, 0.717) is 18.0 Å². The molecular formula is C20H33N3O2. The average Bonchev–Trinajstić information content (AvgIpc) is 3.10. The SMILES string of the molecule is CN(C)CCOc1ccc(CNC2CCCC2C2COCCN2)cc1. The van der Waals surface area contributed by atoms with Crippen LogP contribution in [-0.4, -0.2) is 64.0 Å². The van der Waals surface area contributed by atoms with Gasteiger partial charge >= 0.3 is 0 Å². The fourth-order valence-electron chi connectivity index (χ4n) is 3.88. The number of hydrogen-bond acceptors (Lipinski definition) is 5. The van der Waals surface area contributed by atoms with E-state index in [-0.39, 0.29) is 0 Å². The van der Waals surface area contributed by atoms with Crippen molar-refractivity contribution in [3.05, 3.63) is 29.8 Å². The molecule has 140 valence electrons. The first-order valence-corrected chi connectivity index (χ1v) is 9.63. The van der Waals surface area contributed by atoms with Crippen LogP contribution in [0.15, 0.2) is 24.3 Å². The van der Waals surface area contributed by atoms with Crippen LogP contribution >= 0.6 is 0 Å². The Labute approximate surface area is 152 Å². The van der Waals surface area contributed by atoms with Crippen molar-refractivity contribution < 1.29 is 9.47 Å². The van der Waals surface area contributed by atoms with Gasteiger partial charge in [-0.15, -0.1) is 0 Å². The van der Waals surface area contributed by atoms with Crippen LogP contribution in [0, 0.1) is 5.92 Å². The highest BCUT2D eigenvalue weighted by molar-refractivity contribution is 5.27. The molecule has 1 aromatic carbocycles. The highest BCUT2D eigenvalue weighted by Crippen LogP contribution is 2.29. The van der Waals surface area contributed by atoms with Crippen LogP contribution in [0.1, 0.15) is 24.8 Å². The Bertz CT molecular complexity index is 500. The van der Waals surface area contributed by atoms with Crippen molar-refractivity contribution in [1.29, 1.82) is 0 Å². The fraction of sp³-hybridized carbons (Fsp3) is 0.700. The molecule has 1 aliphatic heterocycles. The van der Waals surface area contributed by atoms with E-state index in [9.17, 15) is 0 Å². The highest BCUT2D eigenvalue weighted by Gasteiger charge is 2.34. The molecule has 3 rings (SSSR count). The van der Waals surface area contributed by atoms with Crippen molar-refractivity contribution >= 4 is 0 Å². The third-order valence-electron chi connectivity index (χ3n) is 5.34. The van der Waals surface area contributed by atoms with Crippen molar-refractivity contribution in [2.24, 2.45) is 5.92 Å². The number of hydrogen-bond donors (Lipinski definition) is 2. The van der Waals surface area contributed by atoms with Crippen molar-refractivity contribution in [3.63, 3.8) is 0 Å². The second kappa shape index (κ2) is 9.53. The van der Waals surface area contributed by atoms with Gasteiger partial charge in [0, 0.05) is 31.7 Å². The number of nitrogens with one attached hydrogen (secondary N) is 2. The number of morpholine rings is 1. The molecule has 3 atom stereocenters. The molecule has 1 aliphatic carbocycles. The summed E-state index contributed by atoms with van der Waals surface area (Å²) in [6.45, 7) is 5.29. The summed E-state index contributed by atoms with van der Waals surface area (Å²) in [5.41, 5.74) is 1.32. The van der Waals surface area contributed by atoms with Crippen LogP contribution in [0.2, 0.25) is 0 Å². The van der Waals surface area contributed by atoms with Gasteiger partial charge < -0.3 is 25.0 Å². The minimum Gasteiger partial charge on any atom is -0.492 e. The summed E-state index contributed by atoms with van der Waals surface area (Å²) in [5.74, 6) is 1.64. The maximum Gasteiger partial charge on any atom is 0.119 e. The number of nitrogens with zero attached hydrogens (tertiary/aromatic N) is 1. The Morgan fingerprint density at radius 1 is 1.24 bits per heavy atom. The molecule has 1 saturated carbocycles. The van der Waals surface area contributed by atoms with E-state index in [1.165, 1.54) is 24.8 Å². The minimum atomic E-state index is 0.515. The van der Waals surface area contributed by atoms with E-state index < -0.39 is 0 Å². The van der Waals surface area contributed by atoms with E-state index >= 15 is 0 Å². The first-order chi connectivity index (χ1) is 12.2. The zero-order valence-corrected chi connectivity index (χ0v) is 15.7. The molecule has 2 fully saturated rings. The van der Waals surface area contributed by atoms with E-state index in [0.717, 1.165) is 45.2 Å². The predicted octanol–water partition coefficient (Wildman–Crippen LogP) is 1.87. The molecule has 0 aromatic heterocycles. The van der Waals surface area contributed by atoms with Gasteiger partial charge in [0.2, 0.25) is 0 Å². The first-order valence-electron chi connectivity index (χ1n) is 9.63. The number of rotatable bonds is 8. The fourth-order valence-corrected chi connectivity index (χ4v) is 3.88. The summed E-state index contributed by atoms with van der Waals surface area (Å²) in [5, 5.41) is 7.42. The van der Waals surface area contributed by atoms with E-state index in [1.54, 1.807) is 0 Å². The molecule has 1 saturated heterocycles. The Balaban J connectivity index is 1.44. The van der Waals surface area contributed by atoms with Gasteiger partial charge in [-0.05, 0) is 50.6 Å². The lowest BCUT2D eigenvalue weighted by molar-refractivity contribution is 0.0524. The molecule has 1 heterocycles. The Morgan fingerprint density at radius 3 is 2.80 bits per heavy atom. The molecule has 5 nitrogen and oxygen atoms in total. The average molecular weight is 348 g/mol. The molecule has 0 radical (unpaired) electrons. The standard InChI is InChI=1S/C20H33N3O2/c1-23(2)11-13-25-17-8-6-16(7-9-17)14-22-19-5-3-4-18(19)20-15-24-12-10-21-20/h6-9,18-22H,3-5,10-15H2,1-2H3. The van der Waals surface area contributed by atoms with Gasteiger partial charge in [-0.1, -0.05) is 18.6 Å². The molecule has 0 amide bonds. The van der Waals surface area contributed by atoms with E-state index in [1.807, 2.05) is 0 Å². The third kappa shape index (κ3) is 5.68. The molecule has 25 heavy (non-hydrogen) atoms. The third-order valence-corrected chi connectivity index (χ3v) is 5.34. The second-order valence-electron chi connectivity index (χ2n) is 7.51. The van der Waals surface area contributed by atoms with Crippen molar-refractivity contribution in [2.75, 3.05) is 47.0 Å². The van der Waals surface area contributed by atoms with Crippen molar-refractivity contribution in [1.82, 2.24) is 15.5 Å². The lowest BCUT2D eigenvalue weighted by Crippen LogP contribution is -2.50. The molecule has 0 spiro atoms. The van der Waals surface area contributed by atoms with Crippen LogP contribution in [0.5, 0.6) is 5.75 Å². The van der Waals surface area contributed by atoms with E-state index in [2.05, 4.69) is 53.9 Å². The monoisotopic (exact) mass is 347 g/mol. The second-order valence-corrected chi connectivity index (χ2v) is 7.51. The Morgan fingerprint density at radius 2 is 2.08 bits per heavy atom. The Kier molecular flexibility index (Phi) is 7.11. The topological polar surface area (TPSA) is 45.8 Å². The smallest absolute Gasteiger partial charge is 0.119 e. The van der Waals surface area contributed by atoms with Gasteiger partial charge in [-0.3, -0.25) is 0 Å². The first kappa shape index (κ1) is 18.6. The number of ether oxygens (including phenoxy) is 2. The summed E-state index contributed by atoms with van der Waals surface area (Å²) in [4.78, 5) is 2.13. The molecule has 5 heteroatoms. The predicted molar refractivity (Wildman–Crippen MR) is 101 cm³/mol. The molecule has 2 aliphatic rings. The zero-order valence-electron chi connectivity index (χ0n) is 15.7. The van der Waals surface area contributed by atoms with Crippen LogP contribution in [-0.2, 0) is 11.3 Å². The molecule has 0 bridgehead atoms. The maximum absolute atomic E-state index is 5.76. The van der Waals surface area contributed by atoms with Gasteiger partial charge in [-0.25, -0.2) is 0 Å². The lowest BCUT2D eigenvalue weighted by atomic mass is 9.94. The van der Waals surface area contributed by atoms with Gasteiger partial charge in [0.05, 0.1) is 13.2 Å².